The summed E-state index contributed by atoms with van der Waals surface area (Å²) in [7, 11) is 0. The first-order valence-corrected chi connectivity index (χ1v) is 12.4. The van der Waals surface area contributed by atoms with Crippen molar-refractivity contribution in [2.45, 2.75) is 88.6 Å². The molecule has 0 bridgehead atoms. The van der Waals surface area contributed by atoms with Crippen LogP contribution in [0.15, 0.2) is 24.3 Å². The lowest BCUT2D eigenvalue weighted by molar-refractivity contribution is -0.122. The Kier molecular flexibility index (Phi) is 5.32. The molecule has 2 atom stereocenters. The number of nitrogens with one attached hydrogen (secondary N) is 1. The van der Waals surface area contributed by atoms with Gasteiger partial charge in [0, 0.05) is 17.5 Å². The molecule has 2 aliphatic carbocycles. The van der Waals surface area contributed by atoms with Crippen molar-refractivity contribution in [3.63, 3.8) is 0 Å². The van der Waals surface area contributed by atoms with Crippen LogP contribution in [0.25, 0.3) is 0 Å². The van der Waals surface area contributed by atoms with E-state index in [1.165, 1.54) is 11.3 Å². The van der Waals surface area contributed by atoms with Crippen LogP contribution in [-0.2, 0) is 4.79 Å². The van der Waals surface area contributed by atoms with Gasteiger partial charge in [-0.25, -0.2) is 0 Å². The van der Waals surface area contributed by atoms with Crippen LogP contribution in [0.1, 0.15) is 98.0 Å². The van der Waals surface area contributed by atoms with E-state index in [-0.39, 0.29) is 17.9 Å². The number of fused-ring (bicyclic) bond motifs is 1. The van der Waals surface area contributed by atoms with Gasteiger partial charge in [-0.15, -0.1) is 10.2 Å². The Balaban J connectivity index is 1.57. The second-order valence-electron chi connectivity index (χ2n) is 9.33. The number of benzene rings is 1. The average Bonchev–Trinajstić information content (AvgIpc) is 3.53. The van der Waals surface area contributed by atoms with Crippen molar-refractivity contribution >= 4 is 28.3 Å². The fourth-order valence-electron chi connectivity index (χ4n) is 5.56. The highest BCUT2D eigenvalue weighted by Gasteiger charge is 2.55. The van der Waals surface area contributed by atoms with Crippen molar-refractivity contribution in [2.75, 3.05) is 5.32 Å². The molecule has 0 saturated heterocycles. The maximum absolute atomic E-state index is 13.9. The van der Waals surface area contributed by atoms with Gasteiger partial charge in [-0.1, -0.05) is 55.7 Å². The predicted octanol–water partition coefficient (Wildman–Crippen LogP) is 5.10. The molecule has 2 amide bonds. The van der Waals surface area contributed by atoms with Crippen LogP contribution < -0.4 is 5.32 Å². The van der Waals surface area contributed by atoms with Gasteiger partial charge in [0.05, 0.1) is 11.5 Å². The fourth-order valence-corrected chi connectivity index (χ4v) is 6.48. The molecular formula is C24H30N4O2S. The van der Waals surface area contributed by atoms with E-state index in [1.54, 1.807) is 0 Å². The molecule has 7 heteroatoms. The van der Waals surface area contributed by atoms with Crippen molar-refractivity contribution < 1.29 is 9.59 Å². The zero-order chi connectivity index (χ0) is 21.6. The van der Waals surface area contributed by atoms with Crippen molar-refractivity contribution in [2.24, 2.45) is 0 Å². The fraction of sp³-hybridized carbons (Fsp3) is 0.583. The second kappa shape index (κ2) is 8.01. The Hall–Kier alpha value is -2.28. The average molecular weight is 439 g/mol. The van der Waals surface area contributed by atoms with Gasteiger partial charge < -0.3 is 4.90 Å². The molecule has 3 aliphatic rings. The molecule has 0 radical (unpaired) electrons. The minimum absolute atomic E-state index is 0.0614. The molecule has 2 heterocycles. The molecule has 0 unspecified atom stereocenters. The third-order valence-corrected chi connectivity index (χ3v) is 8.35. The number of aromatic nitrogens is 2. The van der Waals surface area contributed by atoms with Crippen LogP contribution in [0.2, 0.25) is 0 Å². The number of hydrogen-bond donors (Lipinski definition) is 1. The van der Waals surface area contributed by atoms with E-state index in [1.807, 2.05) is 24.3 Å². The van der Waals surface area contributed by atoms with Gasteiger partial charge in [0.1, 0.15) is 5.01 Å². The minimum atomic E-state index is -0.479. The van der Waals surface area contributed by atoms with E-state index >= 15 is 0 Å². The monoisotopic (exact) mass is 438 g/mol. The van der Waals surface area contributed by atoms with E-state index in [4.69, 9.17) is 0 Å². The van der Waals surface area contributed by atoms with Gasteiger partial charge in [0.15, 0.2) is 0 Å². The summed E-state index contributed by atoms with van der Waals surface area (Å²) >= 11 is 1.49. The van der Waals surface area contributed by atoms with Gasteiger partial charge in [0.25, 0.3) is 5.91 Å². The highest BCUT2D eigenvalue weighted by atomic mass is 32.1. The van der Waals surface area contributed by atoms with Gasteiger partial charge >= 0.3 is 0 Å². The molecule has 5 rings (SSSR count). The summed E-state index contributed by atoms with van der Waals surface area (Å²) < 4.78 is 0. The summed E-state index contributed by atoms with van der Waals surface area (Å²) in [6.45, 7) is 4.23. The minimum Gasteiger partial charge on any atom is -0.329 e. The Bertz CT molecular complexity index is 993. The van der Waals surface area contributed by atoms with E-state index in [2.05, 4.69) is 34.3 Å². The number of hydrogen-bond acceptors (Lipinski definition) is 5. The molecule has 6 nitrogen and oxygen atoms in total. The molecule has 1 aromatic heterocycles. The third-order valence-electron chi connectivity index (χ3n) is 7.35. The lowest BCUT2D eigenvalue weighted by atomic mass is 9.64. The van der Waals surface area contributed by atoms with Gasteiger partial charge in [-0.05, 0) is 50.7 Å². The van der Waals surface area contributed by atoms with E-state index in [9.17, 15) is 9.59 Å². The summed E-state index contributed by atoms with van der Waals surface area (Å²) in [4.78, 5) is 29.6. The molecule has 1 spiro atoms. The maximum Gasteiger partial charge on any atom is 0.254 e. The summed E-state index contributed by atoms with van der Waals surface area (Å²) in [6, 6.07) is 7.76. The largest absolute Gasteiger partial charge is 0.329 e. The summed E-state index contributed by atoms with van der Waals surface area (Å²) in [5, 5.41) is 13.2. The molecular weight excluding hydrogens is 408 g/mol. The number of carbonyl (C=O) groups is 2. The Morgan fingerprint density at radius 3 is 2.68 bits per heavy atom. The van der Waals surface area contributed by atoms with Crippen molar-refractivity contribution in [1.29, 1.82) is 0 Å². The van der Waals surface area contributed by atoms with Crippen LogP contribution in [0.5, 0.6) is 0 Å². The van der Waals surface area contributed by atoms with Crippen LogP contribution in [0.3, 0.4) is 0 Å². The number of anilines is 1. The van der Waals surface area contributed by atoms with Crippen LogP contribution in [0, 0.1) is 0 Å². The molecule has 164 valence electrons. The number of carbonyl (C=O) groups excluding carboxylic acids is 2. The van der Waals surface area contributed by atoms with Crippen molar-refractivity contribution in [1.82, 2.24) is 15.1 Å². The molecule has 31 heavy (non-hydrogen) atoms. The summed E-state index contributed by atoms with van der Waals surface area (Å²) in [6.07, 6.45) is 8.14. The number of amides is 2. The number of rotatable bonds is 5. The van der Waals surface area contributed by atoms with E-state index in [0.29, 0.717) is 16.6 Å². The van der Waals surface area contributed by atoms with Crippen LogP contribution >= 0.6 is 11.3 Å². The van der Waals surface area contributed by atoms with Crippen molar-refractivity contribution in [3.8, 4) is 0 Å². The molecule has 1 aliphatic heterocycles. The Morgan fingerprint density at radius 1 is 1.23 bits per heavy atom. The Labute approximate surface area is 187 Å². The zero-order valence-electron chi connectivity index (χ0n) is 18.3. The first-order chi connectivity index (χ1) is 15.0. The topological polar surface area (TPSA) is 75.2 Å². The first kappa shape index (κ1) is 20.6. The molecule has 2 fully saturated rings. The first-order valence-electron chi connectivity index (χ1n) is 11.6. The lowest BCUT2D eigenvalue weighted by Crippen LogP contribution is -2.64. The zero-order valence-corrected chi connectivity index (χ0v) is 19.1. The van der Waals surface area contributed by atoms with Gasteiger partial charge in [-0.2, -0.15) is 0 Å². The molecule has 1 N–H and O–H groups in total. The maximum atomic E-state index is 13.9. The van der Waals surface area contributed by atoms with Gasteiger partial charge in [0.2, 0.25) is 11.0 Å². The highest BCUT2D eigenvalue weighted by molar-refractivity contribution is 7.15. The quantitative estimate of drug-likeness (QED) is 0.705. The third kappa shape index (κ3) is 3.47. The highest BCUT2D eigenvalue weighted by Crippen LogP contribution is 2.51. The summed E-state index contributed by atoms with van der Waals surface area (Å²) in [5.41, 5.74) is 1.04. The summed E-state index contributed by atoms with van der Waals surface area (Å²) in [5.74, 6) is 0.127. The smallest absolute Gasteiger partial charge is 0.254 e. The molecule has 2 saturated carbocycles. The molecule has 1 aromatic carbocycles. The SMILES string of the molecule is CC[C@H](C)N1C(=O)c2ccccc2[C@H](C(=O)Nc2nnc(C3CC3)s2)C12CCCCC2. The standard InChI is InChI=1S/C24H30N4O2S/c1-3-15(2)28-22(30)18-10-6-5-9-17(18)19(24(28)13-7-4-8-14-24)20(29)25-23-27-26-21(31-23)16-11-12-16/h5-6,9-10,15-16,19H,3-4,7-8,11-14H2,1-2H3,(H,25,27,29)/t15-,19+/m0/s1. The van der Waals surface area contributed by atoms with Crippen LogP contribution in [0.4, 0.5) is 5.13 Å². The normalized spacial score (nSPS) is 23.5. The van der Waals surface area contributed by atoms with Gasteiger partial charge in [-0.3, -0.25) is 14.9 Å². The van der Waals surface area contributed by atoms with E-state index < -0.39 is 11.5 Å². The number of nitrogens with zero attached hydrogens (tertiary/aromatic N) is 3. The second-order valence-corrected chi connectivity index (χ2v) is 10.3. The van der Waals surface area contributed by atoms with Crippen molar-refractivity contribution in [3.05, 3.63) is 40.4 Å². The van der Waals surface area contributed by atoms with Crippen LogP contribution in [-0.4, -0.2) is 38.5 Å². The lowest BCUT2D eigenvalue weighted by Gasteiger charge is -2.55. The van der Waals surface area contributed by atoms with E-state index in [0.717, 1.165) is 61.9 Å². The molecule has 2 aromatic rings. The Morgan fingerprint density at radius 2 is 1.97 bits per heavy atom. The predicted molar refractivity (Wildman–Crippen MR) is 121 cm³/mol.